The molecule has 1 saturated heterocycles. The molecule has 0 saturated carbocycles. The molecule has 5 heteroatoms. The SMILES string of the molecule is Cc1ccc(OCCN2CCCC2C(=O)NCc2ccco2)cc1. The van der Waals surface area contributed by atoms with Gasteiger partial charge in [-0.05, 0) is 50.6 Å². The number of carbonyl (C=O) groups is 1. The number of furan rings is 1. The lowest BCUT2D eigenvalue weighted by atomic mass is 10.2. The van der Waals surface area contributed by atoms with Crippen molar-refractivity contribution in [3.05, 3.63) is 54.0 Å². The van der Waals surface area contributed by atoms with Crippen molar-refractivity contribution in [1.82, 2.24) is 10.2 Å². The molecule has 1 aromatic heterocycles. The van der Waals surface area contributed by atoms with Crippen molar-refractivity contribution in [1.29, 1.82) is 0 Å². The number of benzene rings is 1. The molecule has 1 aliphatic heterocycles. The summed E-state index contributed by atoms with van der Waals surface area (Å²) in [7, 11) is 0. The fourth-order valence-electron chi connectivity index (χ4n) is 3.01. The Labute approximate surface area is 142 Å². The third kappa shape index (κ3) is 4.38. The summed E-state index contributed by atoms with van der Waals surface area (Å²) in [5.74, 6) is 1.72. The van der Waals surface area contributed by atoms with E-state index in [2.05, 4.69) is 17.1 Å². The van der Waals surface area contributed by atoms with Crippen LogP contribution in [-0.2, 0) is 11.3 Å². The Bertz CT molecular complexity index is 637. The number of rotatable bonds is 7. The Morgan fingerprint density at radius 1 is 1.33 bits per heavy atom. The molecule has 2 aromatic rings. The highest BCUT2D eigenvalue weighted by atomic mass is 16.5. The van der Waals surface area contributed by atoms with Gasteiger partial charge in [0.2, 0.25) is 5.91 Å². The number of hydrogen-bond acceptors (Lipinski definition) is 4. The van der Waals surface area contributed by atoms with Crippen LogP contribution in [0.25, 0.3) is 0 Å². The first-order valence-corrected chi connectivity index (χ1v) is 8.46. The van der Waals surface area contributed by atoms with Crippen LogP contribution in [0.3, 0.4) is 0 Å². The summed E-state index contributed by atoms with van der Waals surface area (Å²) >= 11 is 0. The first kappa shape index (κ1) is 16.6. The van der Waals surface area contributed by atoms with Gasteiger partial charge in [0.25, 0.3) is 0 Å². The van der Waals surface area contributed by atoms with E-state index < -0.39 is 0 Å². The summed E-state index contributed by atoms with van der Waals surface area (Å²) in [4.78, 5) is 14.6. The van der Waals surface area contributed by atoms with Crippen LogP contribution in [0, 0.1) is 6.92 Å². The summed E-state index contributed by atoms with van der Waals surface area (Å²) in [5.41, 5.74) is 1.22. The van der Waals surface area contributed by atoms with Gasteiger partial charge in [-0.3, -0.25) is 9.69 Å². The Balaban J connectivity index is 1.44. The van der Waals surface area contributed by atoms with Gasteiger partial charge in [-0.1, -0.05) is 17.7 Å². The molecule has 3 rings (SSSR count). The molecule has 0 spiro atoms. The number of ether oxygens (including phenoxy) is 1. The van der Waals surface area contributed by atoms with E-state index in [1.54, 1.807) is 6.26 Å². The van der Waals surface area contributed by atoms with Gasteiger partial charge in [0.05, 0.1) is 18.8 Å². The quantitative estimate of drug-likeness (QED) is 0.849. The van der Waals surface area contributed by atoms with E-state index in [-0.39, 0.29) is 11.9 Å². The van der Waals surface area contributed by atoms with Crippen molar-refractivity contribution in [3.8, 4) is 5.75 Å². The van der Waals surface area contributed by atoms with E-state index in [0.29, 0.717) is 13.2 Å². The highest BCUT2D eigenvalue weighted by Gasteiger charge is 2.30. The summed E-state index contributed by atoms with van der Waals surface area (Å²) in [5, 5.41) is 2.96. The minimum atomic E-state index is -0.0680. The van der Waals surface area contributed by atoms with Crippen molar-refractivity contribution in [2.45, 2.75) is 32.4 Å². The number of likely N-dealkylation sites (tertiary alicyclic amines) is 1. The Morgan fingerprint density at radius 3 is 2.92 bits per heavy atom. The zero-order valence-electron chi connectivity index (χ0n) is 14.0. The first-order valence-electron chi connectivity index (χ1n) is 8.46. The van der Waals surface area contributed by atoms with E-state index in [1.165, 1.54) is 5.56 Å². The maximum Gasteiger partial charge on any atom is 0.237 e. The average Bonchev–Trinajstić information content (AvgIpc) is 3.26. The summed E-state index contributed by atoms with van der Waals surface area (Å²) < 4.78 is 11.0. The molecule has 1 amide bonds. The molecule has 0 bridgehead atoms. The van der Waals surface area contributed by atoms with Crippen LogP contribution < -0.4 is 10.1 Å². The number of hydrogen-bond donors (Lipinski definition) is 1. The third-order valence-electron chi connectivity index (χ3n) is 4.35. The van der Waals surface area contributed by atoms with Gasteiger partial charge in [0.1, 0.15) is 18.1 Å². The Hall–Kier alpha value is -2.27. The topological polar surface area (TPSA) is 54.7 Å². The standard InChI is InChI=1S/C19H24N2O3/c1-15-6-8-16(9-7-15)24-13-11-21-10-2-5-18(21)19(22)20-14-17-4-3-12-23-17/h3-4,6-9,12,18H,2,5,10-11,13-14H2,1H3,(H,20,22). The van der Waals surface area contributed by atoms with Gasteiger partial charge in [-0.2, -0.15) is 0 Å². The van der Waals surface area contributed by atoms with Gasteiger partial charge >= 0.3 is 0 Å². The van der Waals surface area contributed by atoms with E-state index in [0.717, 1.165) is 37.4 Å². The largest absolute Gasteiger partial charge is 0.492 e. The number of amides is 1. The number of nitrogens with zero attached hydrogens (tertiary/aromatic N) is 1. The predicted molar refractivity (Wildman–Crippen MR) is 91.8 cm³/mol. The molecule has 1 fully saturated rings. The van der Waals surface area contributed by atoms with Crippen LogP contribution in [0.5, 0.6) is 5.75 Å². The van der Waals surface area contributed by atoms with Crippen molar-refractivity contribution < 1.29 is 13.9 Å². The molecular formula is C19H24N2O3. The minimum Gasteiger partial charge on any atom is -0.492 e. The second-order valence-corrected chi connectivity index (χ2v) is 6.15. The molecule has 128 valence electrons. The molecule has 2 heterocycles. The second-order valence-electron chi connectivity index (χ2n) is 6.15. The van der Waals surface area contributed by atoms with Crippen LogP contribution in [0.4, 0.5) is 0 Å². The van der Waals surface area contributed by atoms with Gasteiger partial charge in [0, 0.05) is 6.54 Å². The van der Waals surface area contributed by atoms with E-state index in [9.17, 15) is 4.79 Å². The summed E-state index contributed by atoms with van der Waals surface area (Å²) in [6.07, 6.45) is 3.56. The molecule has 24 heavy (non-hydrogen) atoms. The monoisotopic (exact) mass is 328 g/mol. The number of carbonyl (C=O) groups excluding carboxylic acids is 1. The molecular weight excluding hydrogens is 304 g/mol. The zero-order chi connectivity index (χ0) is 16.8. The Kier molecular flexibility index (Phi) is 5.54. The molecule has 1 N–H and O–H groups in total. The summed E-state index contributed by atoms with van der Waals surface area (Å²) in [6.45, 7) is 4.78. The zero-order valence-corrected chi connectivity index (χ0v) is 14.0. The molecule has 1 aliphatic rings. The van der Waals surface area contributed by atoms with Gasteiger partial charge in [-0.15, -0.1) is 0 Å². The smallest absolute Gasteiger partial charge is 0.237 e. The van der Waals surface area contributed by atoms with Crippen molar-refractivity contribution in [2.75, 3.05) is 19.7 Å². The lowest BCUT2D eigenvalue weighted by molar-refractivity contribution is -0.125. The van der Waals surface area contributed by atoms with E-state index in [1.807, 2.05) is 36.4 Å². The Morgan fingerprint density at radius 2 is 2.17 bits per heavy atom. The molecule has 5 nitrogen and oxygen atoms in total. The fourth-order valence-corrected chi connectivity index (χ4v) is 3.01. The highest BCUT2D eigenvalue weighted by molar-refractivity contribution is 5.81. The van der Waals surface area contributed by atoms with Crippen LogP contribution in [0.1, 0.15) is 24.2 Å². The van der Waals surface area contributed by atoms with Crippen molar-refractivity contribution in [2.24, 2.45) is 0 Å². The van der Waals surface area contributed by atoms with Crippen molar-refractivity contribution >= 4 is 5.91 Å². The lowest BCUT2D eigenvalue weighted by Crippen LogP contribution is -2.44. The van der Waals surface area contributed by atoms with E-state index >= 15 is 0 Å². The molecule has 0 radical (unpaired) electrons. The third-order valence-corrected chi connectivity index (χ3v) is 4.35. The summed E-state index contributed by atoms with van der Waals surface area (Å²) in [6, 6.07) is 11.7. The molecule has 1 atom stereocenters. The van der Waals surface area contributed by atoms with Crippen LogP contribution in [0.2, 0.25) is 0 Å². The minimum absolute atomic E-state index is 0.0680. The number of nitrogens with one attached hydrogen (secondary N) is 1. The van der Waals surface area contributed by atoms with Gasteiger partial charge in [-0.25, -0.2) is 0 Å². The lowest BCUT2D eigenvalue weighted by Gasteiger charge is -2.23. The van der Waals surface area contributed by atoms with Crippen LogP contribution in [0.15, 0.2) is 47.1 Å². The maximum atomic E-state index is 12.4. The second kappa shape index (κ2) is 8.02. The number of aryl methyl sites for hydroxylation is 1. The highest BCUT2D eigenvalue weighted by Crippen LogP contribution is 2.18. The normalized spacial score (nSPS) is 17.8. The molecule has 1 unspecified atom stereocenters. The molecule has 1 aromatic carbocycles. The van der Waals surface area contributed by atoms with E-state index in [4.69, 9.17) is 9.15 Å². The molecule has 0 aliphatic carbocycles. The van der Waals surface area contributed by atoms with Crippen molar-refractivity contribution in [3.63, 3.8) is 0 Å². The van der Waals surface area contributed by atoms with Gasteiger partial charge in [0.15, 0.2) is 0 Å². The fraction of sp³-hybridized carbons (Fsp3) is 0.421. The van der Waals surface area contributed by atoms with Crippen LogP contribution in [-0.4, -0.2) is 36.5 Å². The predicted octanol–water partition coefficient (Wildman–Crippen LogP) is 2.75. The first-order chi connectivity index (χ1) is 11.7. The van der Waals surface area contributed by atoms with Gasteiger partial charge < -0.3 is 14.5 Å². The maximum absolute atomic E-state index is 12.4. The van der Waals surface area contributed by atoms with Crippen LogP contribution >= 0.6 is 0 Å². The average molecular weight is 328 g/mol.